The Morgan fingerprint density at radius 1 is 1.26 bits per heavy atom. The number of nitrogens with two attached hydrogens (primary N) is 1. The van der Waals surface area contributed by atoms with Crippen LogP contribution in [0.3, 0.4) is 0 Å². The molecule has 0 unspecified atom stereocenters. The fraction of sp³-hybridized carbons (Fsp3) is 0.214. The maximum Gasteiger partial charge on any atom is 0.151 e. The molecule has 0 saturated carbocycles. The van der Waals surface area contributed by atoms with Crippen molar-refractivity contribution >= 4 is 27.4 Å². The molecule has 3 rings (SSSR count). The van der Waals surface area contributed by atoms with Crippen LogP contribution in [-0.4, -0.2) is 9.55 Å². The van der Waals surface area contributed by atoms with E-state index in [4.69, 9.17) is 5.73 Å². The van der Waals surface area contributed by atoms with Crippen molar-refractivity contribution in [3.05, 3.63) is 36.1 Å². The maximum absolute atomic E-state index is 13.4. The van der Waals surface area contributed by atoms with Crippen LogP contribution in [-0.2, 0) is 0 Å². The minimum Gasteiger partial charge on any atom is -0.391 e. The summed E-state index contributed by atoms with van der Waals surface area (Å²) in [6.07, 6.45) is 0. The second-order valence-electron chi connectivity index (χ2n) is 4.73. The lowest BCUT2D eigenvalue weighted by Crippen LogP contribution is -2.02. The van der Waals surface area contributed by atoms with Crippen LogP contribution in [0, 0.1) is 5.82 Å². The van der Waals surface area contributed by atoms with Gasteiger partial charge in [-0.2, -0.15) is 0 Å². The van der Waals surface area contributed by atoms with Gasteiger partial charge in [0, 0.05) is 6.04 Å². The highest BCUT2D eigenvalue weighted by Crippen LogP contribution is 2.33. The Hall–Kier alpha value is -1.88. The first-order valence-corrected chi connectivity index (χ1v) is 6.91. The number of fused-ring (bicyclic) bond motifs is 1. The molecule has 5 heteroatoms. The van der Waals surface area contributed by atoms with Crippen LogP contribution in [0.15, 0.2) is 30.3 Å². The minimum atomic E-state index is -0.244. The van der Waals surface area contributed by atoms with Gasteiger partial charge in [0.25, 0.3) is 0 Å². The van der Waals surface area contributed by atoms with E-state index >= 15 is 0 Å². The molecule has 0 amide bonds. The van der Waals surface area contributed by atoms with Crippen LogP contribution in [0.5, 0.6) is 0 Å². The van der Waals surface area contributed by atoms with Crippen molar-refractivity contribution in [1.82, 2.24) is 9.55 Å². The first-order valence-electron chi connectivity index (χ1n) is 6.09. The van der Waals surface area contributed by atoms with Crippen molar-refractivity contribution in [2.45, 2.75) is 19.9 Å². The number of benzene rings is 1. The lowest BCUT2D eigenvalue weighted by molar-refractivity contribution is 0.613. The summed E-state index contributed by atoms with van der Waals surface area (Å²) >= 11 is 1.49. The Kier molecular flexibility index (Phi) is 2.78. The molecule has 2 aromatic heterocycles. The number of hydrogen-bond donors (Lipinski definition) is 1. The monoisotopic (exact) mass is 275 g/mol. The molecule has 3 aromatic rings. The van der Waals surface area contributed by atoms with Gasteiger partial charge in [-0.05, 0) is 44.2 Å². The number of thiophene rings is 1. The highest BCUT2D eigenvalue weighted by atomic mass is 32.1. The van der Waals surface area contributed by atoms with Gasteiger partial charge in [0.2, 0.25) is 0 Å². The molecule has 0 aliphatic heterocycles. The van der Waals surface area contributed by atoms with E-state index < -0.39 is 0 Å². The van der Waals surface area contributed by atoms with Crippen molar-refractivity contribution in [2.75, 3.05) is 5.73 Å². The summed E-state index contributed by atoms with van der Waals surface area (Å²) in [5.74, 6) is 0.601. The van der Waals surface area contributed by atoms with Gasteiger partial charge in [-0.25, -0.2) is 9.37 Å². The van der Waals surface area contributed by atoms with Crippen molar-refractivity contribution < 1.29 is 4.39 Å². The van der Waals surface area contributed by atoms with Gasteiger partial charge in [0.05, 0.1) is 20.9 Å². The van der Waals surface area contributed by atoms with Crippen molar-refractivity contribution in [2.24, 2.45) is 0 Å². The molecule has 0 fully saturated rings. The van der Waals surface area contributed by atoms with Gasteiger partial charge in [-0.1, -0.05) is 0 Å². The third-order valence-corrected chi connectivity index (χ3v) is 3.93. The number of nitrogens with zero attached hydrogens (tertiary/aromatic N) is 2. The average Bonchev–Trinajstić information content (AvgIpc) is 2.91. The molecular formula is C14H14FN3S. The molecule has 0 spiro atoms. The van der Waals surface area contributed by atoms with E-state index in [0.717, 1.165) is 26.7 Å². The van der Waals surface area contributed by atoms with Gasteiger partial charge in [-0.3, -0.25) is 0 Å². The number of aromatic nitrogens is 2. The summed E-state index contributed by atoms with van der Waals surface area (Å²) in [7, 11) is 0. The molecule has 2 N–H and O–H groups in total. The Labute approximate surface area is 114 Å². The molecule has 2 heterocycles. The van der Waals surface area contributed by atoms with E-state index in [1.54, 1.807) is 6.07 Å². The zero-order chi connectivity index (χ0) is 13.6. The van der Waals surface area contributed by atoms with E-state index in [9.17, 15) is 4.39 Å². The summed E-state index contributed by atoms with van der Waals surface area (Å²) in [5, 5.41) is 0.753. The highest BCUT2D eigenvalue weighted by Gasteiger charge is 2.16. The van der Waals surface area contributed by atoms with Gasteiger partial charge < -0.3 is 10.3 Å². The maximum atomic E-state index is 13.4. The largest absolute Gasteiger partial charge is 0.391 e. The molecule has 0 saturated heterocycles. The van der Waals surface area contributed by atoms with Crippen LogP contribution in [0.1, 0.15) is 19.9 Å². The lowest BCUT2D eigenvalue weighted by atomic mass is 10.3. The average molecular weight is 275 g/mol. The molecule has 0 radical (unpaired) electrons. The Morgan fingerprint density at radius 3 is 2.68 bits per heavy atom. The summed E-state index contributed by atoms with van der Waals surface area (Å²) in [5.41, 5.74) is 7.40. The van der Waals surface area contributed by atoms with E-state index in [2.05, 4.69) is 18.8 Å². The third kappa shape index (κ3) is 2.00. The number of hydrogen-bond acceptors (Lipinski definition) is 3. The van der Waals surface area contributed by atoms with Crippen LogP contribution in [0.2, 0.25) is 0 Å². The van der Waals surface area contributed by atoms with E-state index in [1.807, 2.05) is 16.7 Å². The standard InChI is InChI=1S/C14H14FN3S/c1-8(2)18-11-7-9(15)3-4-10(11)17-14(18)12-5-6-13(16)19-12/h3-8H,16H2,1-2H3. The second kappa shape index (κ2) is 4.35. The fourth-order valence-corrected chi connectivity index (χ4v) is 3.00. The molecule has 1 aromatic carbocycles. The molecule has 0 bridgehead atoms. The molecule has 0 aliphatic rings. The van der Waals surface area contributed by atoms with Gasteiger partial charge in [0.15, 0.2) is 5.82 Å². The molecule has 0 aliphatic carbocycles. The molecule has 98 valence electrons. The third-order valence-electron chi connectivity index (χ3n) is 3.02. The van der Waals surface area contributed by atoms with E-state index in [1.165, 1.54) is 23.5 Å². The summed E-state index contributed by atoms with van der Waals surface area (Å²) in [6.45, 7) is 4.12. The normalized spacial score (nSPS) is 11.6. The highest BCUT2D eigenvalue weighted by molar-refractivity contribution is 7.19. The van der Waals surface area contributed by atoms with Crippen LogP contribution >= 0.6 is 11.3 Å². The Balaban J connectivity index is 2.32. The molecule has 3 nitrogen and oxygen atoms in total. The van der Waals surface area contributed by atoms with E-state index in [0.29, 0.717) is 0 Å². The zero-order valence-corrected chi connectivity index (χ0v) is 11.5. The number of imidazole rings is 1. The Bertz CT molecular complexity index is 742. The lowest BCUT2D eigenvalue weighted by Gasteiger charge is -2.12. The number of nitrogen functional groups attached to an aromatic ring is 1. The second-order valence-corrected chi connectivity index (χ2v) is 5.85. The molecule has 19 heavy (non-hydrogen) atoms. The van der Waals surface area contributed by atoms with Crippen molar-refractivity contribution in [1.29, 1.82) is 0 Å². The van der Waals surface area contributed by atoms with Crippen LogP contribution in [0.4, 0.5) is 9.39 Å². The summed E-state index contributed by atoms with van der Waals surface area (Å²) < 4.78 is 15.5. The zero-order valence-electron chi connectivity index (χ0n) is 10.7. The molecular weight excluding hydrogens is 261 g/mol. The Morgan fingerprint density at radius 2 is 2.05 bits per heavy atom. The topological polar surface area (TPSA) is 43.8 Å². The van der Waals surface area contributed by atoms with Gasteiger partial charge >= 0.3 is 0 Å². The predicted molar refractivity (Wildman–Crippen MR) is 77.8 cm³/mol. The van der Waals surface area contributed by atoms with Gasteiger partial charge in [0.1, 0.15) is 5.82 Å². The van der Waals surface area contributed by atoms with Crippen LogP contribution < -0.4 is 5.73 Å². The quantitative estimate of drug-likeness (QED) is 0.766. The number of rotatable bonds is 2. The minimum absolute atomic E-state index is 0.199. The summed E-state index contributed by atoms with van der Waals surface area (Å²) in [4.78, 5) is 5.61. The number of anilines is 1. The van der Waals surface area contributed by atoms with E-state index in [-0.39, 0.29) is 11.9 Å². The molecule has 0 atom stereocenters. The smallest absolute Gasteiger partial charge is 0.151 e. The van der Waals surface area contributed by atoms with Gasteiger partial charge in [-0.15, -0.1) is 11.3 Å². The predicted octanol–water partition coefficient (Wildman–Crippen LogP) is 4.07. The first-order chi connectivity index (χ1) is 9.06. The SMILES string of the molecule is CC(C)n1c(-c2ccc(N)s2)nc2ccc(F)cc21. The van der Waals surface area contributed by atoms with Crippen molar-refractivity contribution in [3.63, 3.8) is 0 Å². The number of halogens is 1. The van der Waals surface area contributed by atoms with Crippen LogP contribution in [0.25, 0.3) is 21.7 Å². The first kappa shape index (κ1) is 12.2. The summed E-state index contributed by atoms with van der Waals surface area (Å²) in [6, 6.07) is 8.70. The van der Waals surface area contributed by atoms with Crippen molar-refractivity contribution in [3.8, 4) is 10.7 Å². The fourth-order valence-electron chi connectivity index (χ4n) is 2.24.